The van der Waals surface area contributed by atoms with Crippen LogP contribution in [0.5, 0.6) is 0 Å². The van der Waals surface area contributed by atoms with E-state index in [1.807, 2.05) is 30.3 Å². The second-order valence-electron chi connectivity index (χ2n) is 7.18. The largest absolute Gasteiger partial charge is 0.463 e. The maximum Gasteiger partial charge on any atom is 0.416 e. The molecule has 0 aliphatic rings. The summed E-state index contributed by atoms with van der Waals surface area (Å²) < 4.78 is 45.9. The predicted octanol–water partition coefficient (Wildman–Crippen LogP) is 4.35. The van der Waals surface area contributed by atoms with Crippen molar-refractivity contribution in [3.8, 4) is 0 Å². The molecular weight excluding hydrogens is 397 g/mol. The Labute approximate surface area is 171 Å². The molecule has 1 heterocycles. The third-order valence-electron chi connectivity index (χ3n) is 4.46. The van der Waals surface area contributed by atoms with Gasteiger partial charge in [0, 0.05) is 6.42 Å². The number of nitrogens with zero attached hydrogens (tertiary/aromatic N) is 2. The van der Waals surface area contributed by atoms with Gasteiger partial charge in [-0.15, -0.1) is 0 Å². The number of ether oxygens (including phenoxy) is 1. The molecule has 0 atom stereocenters. The van der Waals surface area contributed by atoms with Crippen molar-refractivity contribution >= 4 is 17.0 Å². The first-order valence-corrected chi connectivity index (χ1v) is 9.49. The summed E-state index contributed by atoms with van der Waals surface area (Å²) in [5.41, 5.74) is -0.102. The Balaban J connectivity index is 2.07. The molecule has 0 aliphatic carbocycles. The van der Waals surface area contributed by atoms with Crippen LogP contribution in [0.15, 0.2) is 53.3 Å². The Bertz CT molecular complexity index is 1110. The normalized spacial score (nSPS) is 11.8. The highest BCUT2D eigenvalue weighted by atomic mass is 19.4. The Kier molecular flexibility index (Phi) is 6.24. The van der Waals surface area contributed by atoms with Crippen LogP contribution in [0.25, 0.3) is 11.0 Å². The first kappa shape index (κ1) is 21.5. The van der Waals surface area contributed by atoms with E-state index in [-0.39, 0.29) is 36.7 Å². The zero-order chi connectivity index (χ0) is 21.9. The fourth-order valence-corrected chi connectivity index (χ4v) is 3.10. The molecule has 3 aromatic rings. The van der Waals surface area contributed by atoms with Crippen LogP contribution in [0.4, 0.5) is 13.2 Å². The van der Waals surface area contributed by atoms with Gasteiger partial charge >= 0.3 is 12.1 Å². The fraction of sp³-hybridized carbons (Fsp3) is 0.318. The van der Waals surface area contributed by atoms with Crippen molar-refractivity contribution in [2.75, 3.05) is 0 Å². The van der Waals surface area contributed by atoms with E-state index in [0.717, 1.165) is 17.7 Å². The van der Waals surface area contributed by atoms with Gasteiger partial charge in [0.1, 0.15) is 5.69 Å². The SMILES string of the molecule is CC(C)OC(=O)CCc1nc2cc(C(F)(F)F)ccc2n(Cc2ccccc2)c1=O. The number of carbonyl (C=O) groups is 1. The molecule has 5 nitrogen and oxygen atoms in total. The summed E-state index contributed by atoms with van der Waals surface area (Å²) in [4.78, 5) is 29.0. The lowest BCUT2D eigenvalue weighted by Gasteiger charge is -2.14. The highest BCUT2D eigenvalue weighted by molar-refractivity contribution is 5.76. The fourth-order valence-electron chi connectivity index (χ4n) is 3.10. The summed E-state index contributed by atoms with van der Waals surface area (Å²) in [6.45, 7) is 3.59. The first-order valence-electron chi connectivity index (χ1n) is 9.49. The van der Waals surface area contributed by atoms with Crippen molar-refractivity contribution in [1.29, 1.82) is 0 Å². The van der Waals surface area contributed by atoms with Gasteiger partial charge in [-0.1, -0.05) is 30.3 Å². The van der Waals surface area contributed by atoms with Gasteiger partial charge in [0.15, 0.2) is 0 Å². The van der Waals surface area contributed by atoms with Crippen LogP contribution in [0, 0.1) is 0 Å². The van der Waals surface area contributed by atoms with Crippen molar-refractivity contribution in [3.63, 3.8) is 0 Å². The van der Waals surface area contributed by atoms with Gasteiger partial charge in [-0.05, 0) is 37.6 Å². The van der Waals surface area contributed by atoms with Gasteiger partial charge in [-0.25, -0.2) is 4.98 Å². The Morgan fingerprint density at radius 3 is 2.47 bits per heavy atom. The van der Waals surface area contributed by atoms with Crippen molar-refractivity contribution in [2.24, 2.45) is 0 Å². The summed E-state index contributed by atoms with van der Waals surface area (Å²) in [7, 11) is 0. The second-order valence-corrected chi connectivity index (χ2v) is 7.18. The second kappa shape index (κ2) is 8.69. The summed E-state index contributed by atoms with van der Waals surface area (Å²) in [6.07, 6.45) is -4.94. The Hall–Kier alpha value is -3.16. The van der Waals surface area contributed by atoms with E-state index in [9.17, 15) is 22.8 Å². The molecule has 1 aromatic heterocycles. The lowest BCUT2D eigenvalue weighted by Crippen LogP contribution is -2.27. The number of halogens is 3. The highest BCUT2D eigenvalue weighted by Crippen LogP contribution is 2.31. The van der Waals surface area contributed by atoms with Crippen molar-refractivity contribution in [2.45, 2.75) is 45.5 Å². The van der Waals surface area contributed by atoms with E-state index < -0.39 is 23.3 Å². The van der Waals surface area contributed by atoms with Crippen molar-refractivity contribution in [3.05, 3.63) is 75.7 Å². The minimum Gasteiger partial charge on any atom is -0.463 e. The average molecular weight is 418 g/mol. The topological polar surface area (TPSA) is 61.2 Å². The number of benzene rings is 2. The quantitative estimate of drug-likeness (QED) is 0.559. The molecule has 0 amide bonds. The maximum atomic E-state index is 13.2. The van der Waals surface area contributed by atoms with E-state index in [2.05, 4.69) is 4.98 Å². The third-order valence-corrected chi connectivity index (χ3v) is 4.46. The smallest absolute Gasteiger partial charge is 0.416 e. The number of alkyl halides is 3. The number of hydrogen-bond acceptors (Lipinski definition) is 4. The summed E-state index contributed by atoms with van der Waals surface area (Å²) >= 11 is 0. The predicted molar refractivity (Wildman–Crippen MR) is 106 cm³/mol. The van der Waals surface area contributed by atoms with Crippen LogP contribution in [0.3, 0.4) is 0 Å². The van der Waals surface area contributed by atoms with E-state index in [0.29, 0.717) is 5.52 Å². The molecular formula is C22H21F3N2O3. The molecule has 0 saturated carbocycles. The Morgan fingerprint density at radius 2 is 1.83 bits per heavy atom. The highest BCUT2D eigenvalue weighted by Gasteiger charge is 2.31. The molecule has 0 aliphatic heterocycles. The number of carbonyl (C=O) groups excluding carboxylic acids is 1. The van der Waals surface area contributed by atoms with Crippen molar-refractivity contribution < 1.29 is 22.7 Å². The zero-order valence-corrected chi connectivity index (χ0v) is 16.6. The lowest BCUT2D eigenvalue weighted by molar-refractivity contribution is -0.147. The molecule has 0 saturated heterocycles. The molecule has 30 heavy (non-hydrogen) atoms. The third kappa shape index (κ3) is 5.06. The van der Waals surface area contributed by atoms with Gasteiger partial charge in [0.2, 0.25) is 0 Å². The number of fused-ring (bicyclic) bond motifs is 1. The van der Waals surface area contributed by atoms with Gasteiger partial charge < -0.3 is 9.30 Å². The molecule has 0 spiro atoms. The number of aromatic nitrogens is 2. The standard InChI is InChI=1S/C22H21F3N2O3/c1-14(2)30-20(28)11-9-17-21(29)27(13-15-6-4-3-5-7-15)19-10-8-16(22(23,24)25)12-18(19)26-17/h3-8,10,12,14H,9,11,13H2,1-2H3. The van der Waals surface area contributed by atoms with Crippen LogP contribution in [-0.4, -0.2) is 21.6 Å². The van der Waals surface area contributed by atoms with Crippen molar-refractivity contribution in [1.82, 2.24) is 9.55 Å². The summed E-state index contributed by atoms with van der Waals surface area (Å²) in [6, 6.07) is 12.2. The Morgan fingerprint density at radius 1 is 1.13 bits per heavy atom. The minimum atomic E-state index is -4.53. The summed E-state index contributed by atoms with van der Waals surface area (Å²) in [5.74, 6) is -0.495. The number of aryl methyl sites for hydroxylation is 1. The molecule has 2 aromatic carbocycles. The van der Waals surface area contributed by atoms with Crippen LogP contribution in [0.1, 0.15) is 37.1 Å². The number of hydrogen-bond donors (Lipinski definition) is 0. The molecule has 0 radical (unpaired) electrons. The van der Waals surface area contributed by atoms with E-state index in [1.54, 1.807) is 13.8 Å². The zero-order valence-electron chi connectivity index (χ0n) is 16.6. The number of rotatable bonds is 6. The average Bonchev–Trinajstić information content (AvgIpc) is 2.68. The van der Waals surface area contributed by atoms with Crippen LogP contribution in [0.2, 0.25) is 0 Å². The van der Waals surface area contributed by atoms with E-state index in [4.69, 9.17) is 4.74 Å². The summed E-state index contributed by atoms with van der Waals surface area (Å²) in [5, 5.41) is 0. The van der Waals surface area contributed by atoms with Crippen LogP contribution >= 0.6 is 0 Å². The lowest BCUT2D eigenvalue weighted by atomic mass is 10.1. The first-order chi connectivity index (χ1) is 14.1. The molecule has 0 bridgehead atoms. The van der Waals surface area contributed by atoms with E-state index in [1.165, 1.54) is 10.6 Å². The van der Waals surface area contributed by atoms with E-state index >= 15 is 0 Å². The van der Waals surface area contributed by atoms with Crippen LogP contribution < -0.4 is 5.56 Å². The number of esters is 1. The maximum absolute atomic E-state index is 13.2. The van der Waals surface area contributed by atoms with Crippen LogP contribution in [-0.2, 0) is 28.7 Å². The molecule has 3 rings (SSSR count). The molecule has 0 N–H and O–H groups in total. The van der Waals surface area contributed by atoms with Gasteiger partial charge in [0.25, 0.3) is 5.56 Å². The molecule has 0 unspecified atom stereocenters. The molecule has 158 valence electrons. The minimum absolute atomic E-state index is 0.0225. The monoisotopic (exact) mass is 418 g/mol. The molecule has 8 heteroatoms. The molecule has 0 fully saturated rings. The van der Waals surface area contributed by atoms with Gasteiger partial charge in [0.05, 0.1) is 35.7 Å². The van der Waals surface area contributed by atoms with Gasteiger partial charge in [-0.3, -0.25) is 9.59 Å². The van der Waals surface area contributed by atoms with Gasteiger partial charge in [-0.2, -0.15) is 13.2 Å².